The smallest absolute Gasteiger partial charge is 0.354 e. The second-order valence-electron chi connectivity index (χ2n) is 4.38. The lowest BCUT2D eigenvalue weighted by atomic mass is 9.98. The first-order chi connectivity index (χ1) is 7.48. The van der Waals surface area contributed by atoms with Gasteiger partial charge < -0.3 is 10.1 Å². The maximum Gasteiger partial charge on any atom is 0.416 e. The number of hydrogen-bond donors (Lipinski definition) is 1. The summed E-state index contributed by atoms with van der Waals surface area (Å²) in [5.74, 6) is -0.447. The molecule has 0 bridgehead atoms. The van der Waals surface area contributed by atoms with Crippen molar-refractivity contribution in [1.29, 1.82) is 0 Å². The molecular formula is C10H14F3NO2. The molecule has 2 fully saturated rings. The topological polar surface area (TPSA) is 38.3 Å². The molecule has 1 saturated heterocycles. The number of halogens is 3. The minimum atomic E-state index is -4.40. The van der Waals surface area contributed by atoms with Crippen LogP contribution in [0.25, 0.3) is 0 Å². The van der Waals surface area contributed by atoms with E-state index >= 15 is 0 Å². The van der Waals surface area contributed by atoms with Crippen molar-refractivity contribution < 1.29 is 22.7 Å². The summed E-state index contributed by atoms with van der Waals surface area (Å²) in [7, 11) is 0. The van der Waals surface area contributed by atoms with Gasteiger partial charge >= 0.3 is 6.18 Å². The van der Waals surface area contributed by atoms with Crippen LogP contribution >= 0.6 is 0 Å². The van der Waals surface area contributed by atoms with E-state index in [0.717, 1.165) is 25.7 Å². The quantitative estimate of drug-likeness (QED) is 0.752. The lowest BCUT2D eigenvalue weighted by Crippen LogP contribution is -2.56. The molecule has 1 aliphatic carbocycles. The highest BCUT2D eigenvalue weighted by molar-refractivity contribution is 5.81. The Kier molecular flexibility index (Phi) is 3.10. The van der Waals surface area contributed by atoms with Crippen LogP contribution in [0.5, 0.6) is 0 Å². The number of amides is 1. The van der Waals surface area contributed by atoms with Gasteiger partial charge in [-0.3, -0.25) is 4.79 Å². The molecule has 2 atom stereocenters. The van der Waals surface area contributed by atoms with E-state index in [1.165, 1.54) is 0 Å². The molecule has 1 aliphatic heterocycles. The second kappa shape index (κ2) is 4.24. The molecule has 0 radical (unpaired) electrons. The molecular weight excluding hydrogens is 223 g/mol. The molecule has 3 nitrogen and oxygen atoms in total. The van der Waals surface area contributed by atoms with Crippen LogP contribution in [0.15, 0.2) is 0 Å². The van der Waals surface area contributed by atoms with Gasteiger partial charge in [-0.15, -0.1) is 0 Å². The SMILES string of the molecule is O=C1NC[C@H](C(F)(F)F)O[C@H]1C1CCCC1. The number of carbonyl (C=O) groups excluding carboxylic acids is 1. The Morgan fingerprint density at radius 1 is 1.25 bits per heavy atom. The molecule has 0 spiro atoms. The number of hydrogen-bond acceptors (Lipinski definition) is 2. The summed E-state index contributed by atoms with van der Waals surface area (Å²) < 4.78 is 42.3. The summed E-state index contributed by atoms with van der Waals surface area (Å²) in [6, 6.07) is 0. The second-order valence-corrected chi connectivity index (χ2v) is 4.38. The Hall–Kier alpha value is -0.780. The maximum absolute atomic E-state index is 12.5. The normalized spacial score (nSPS) is 32.8. The molecule has 0 unspecified atom stereocenters. The Balaban J connectivity index is 2.02. The number of alkyl halides is 3. The maximum atomic E-state index is 12.5. The van der Waals surface area contributed by atoms with Gasteiger partial charge in [-0.1, -0.05) is 12.8 Å². The molecule has 1 amide bonds. The van der Waals surface area contributed by atoms with Crippen molar-refractivity contribution in [1.82, 2.24) is 5.32 Å². The first kappa shape index (κ1) is 11.7. The van der Waals surface area contributed by atoms with E-state index in [-0.39, 0.29) is 5.92 Å². The van der Waals surface area contributed by atoms with Crippen molar-refractivity contribution in [2.75, 3.05) is 6.54 Å². The Bertz CT molecular complexity index is 274. The first-order valence-corrected chi connectivity index (χ1v) is 5.48. The predicted octanol–water partition coefficient (Wildman–Crippen LogP) is 1.62. The van der Waals surface area contributed by atoms with E-state index in [0.29, 0.717) is 0 Å². The van der Waals surface area contributed by atoms with Gasteiger partial charge in [-0.25, -0.2) is 0 Å². The molecule has 6 heteroatoms. The standard InChI is InChI=1S/C10H14F3NO2/c11-10(12,13)7-5-14-9(15)8(16-7)6-3-1-2-4-6/h6-8H,1-5H2,(H,14,15)/t7-,8+/m1/s1. The van der Waals surface area contributed by atoms with Gasteiger partial charge in [0.15, 0.2) is 6.10 Å². The highest BCUT2D eigenvalue weighted by Gasteiger charge is 2.47. The van der Waals surface area contributed by atoms with E-state index < -0.39 is 30.8 Å². The number of morpholine rings is 1. The van der Waals surface area contributed by atoms with Crippen molar-refractivity contribution in [2.45, 2.75) is 44.1 Å². The summed E-state index contributed by atoms with van der Waals surface area (Å²) in [6.45, 7) is -0.467. The monoisotopic (exact) mass is 237 g/mol. The van der Waals surface area contributed by atoms with E-state index in [1.807, 2.05) is 0 Å². The number of carbonyl (C=O) groups is 1. The van der Waals surface area contributed by atoms with Crippen molar-refractivity contribution in [3.63, 3.8) is 0 Å². The van der Waals surface area contributed by atoms with Crippen molar-refractivity contribution in [2.24, 2.45) is 5.92 Å². The summed E-state index contributed by atoms with van der Waals surface area (Å²) in [6.07, 6.45) is -3.67. The zero-order valence-corrected chi connectivity index (χ0v) is 8.72. The molecule has 1 N–H and O–H groups in total. The van der Waals surface area contributed by atoms with Crippen LogP contribution in [0, 0.1) is 5.92 Å². The fourth-order valence-corrected chi connectivity index (χ4v) is 2.36. The molecule has 1 saturated carbocycles. The number of ether oxygens (including phenoxy) is 1. The lowest BCUT2D eigenvalue weighted by molar-refractivity contribution is -0.242. The van der Waals surface area contributed by atoms with E-state index in [9.17, 15) is 18.0 Å². The fraction of sp³-hybridized carbons (Fsp3) is 0.900. The zero-order chi connectivity index (χ0) is 11.8. The summed E-state index contributed by atoms with van der Waals surface area (Å²) in [4.78, 5) is 11.5. The molecule has 16 heavy (non-hydrogen) atoms. The van der Waals surface area contributed by atoms with Crippen molar-refractivity contribution in [3.05, 3.63) is 0 Å². The largest absolute Gasteiger partial charge is 0.416 e. The van der Waals surface area contributed by atoms with E-state index in [2.05, 4.69) is 5.32 Å². The van der Waals surface area contributed by atoms with E-state index in [1.54, 1.807) is 0 Å². The van der Waals surface area contributed by atoms with Gasteiger partial charge in [0.2, 0.25) is 5.91 Å². The fourth-order valence-electron chi connectivity index (χ4n) is 2.36. The van der Waals surface area contributed by atoms with Crippen LogP contribution in [0.4, 0.5) is 13.2 Å². The third-order valence-electron chi connectivity index (χ3n) is 3.22. The average Bonchev–Trinajstić information content (AvgIpc) is 2.69. The highest BCUT2D eigenvalue weighted by Crippen LogP contribution is 2.34. The summed E-state index contributed by atoms with van der Waals surface area (Å²) >= 11 is 0. The Morgan fingerprint density at radius 2 is 1.88 bits per heavy atom. The molecule has 0 aromatic heterocycles. The molecule has 0 aromatic rings. The van der Waals surface area contributed by atoms with Crippen LogP contribution in [0.3, 0.4) is 0 Å². The average molecular weight is 237 g/mol. The zero-order valence-electron chi connectivity index (χ0n) is 8.72. The van der Waals surface area contributed by atoms with Crippen LogP contribution in [-0.2, 0) is 9.53 Å². The number of rotatable bonds is 1. The van der Waals surface area contributed by atoms with Crippen LogP contribution in [0.1, 0.15) is 25.7 Å². The van der Waals surface area contributed by atoms with Gasteiger partial charge in [0.1, 0.15) is 6.10 Å². The Labute approximate surface area is 91.3 Å². The van der Waals surface area contributed by atoms with Crippen LogP contribution in [0.2, 0.25) is 0 Å². The Morgan fingerprint density at radius 3 is 2.44 bits per heavy atom. The van der Waals surface area contributed by atoms with Crippen LogP contribution < -0.4 is 5.32 Å². The lowest BCUT2D eigenvalue weighted by Gasteiger charge is -2.33. The summed E-state index contributed by atoms with van der Waals surface area (Å²) in [5, 5.41) is 2.28. The van der Waals surface area contributed by atoms with Crippen LogP contribution in [-0.4, -0.2) is 30.8 Å². The van der Waals surface area contributed by atoms with Gasteiger partial charge in [-0.2, -0.15) is 13.2 Å². The van der Waals surface area contributed by atoms with Gasteiger partial charge in [0.25, 0.3) is 0 Å². The van der Waals surface area contributed by atoms with Gasteiger partial charge in [0, 0.05) is 0 Å². The predicted molar refractivity (Wildman–Crippen MR) is 49.7 cm³/mol. The third-order valence-corrected chi connectivity index (χ3v) is 3.22. The van der Waals surface area contributed by atoms with E-state index in [4.69, 9.17) is 4.74 Å². The molecule has 2 rings (SSSR count). The molecule has 1 heterocycles. The minimum Gasteiger partial charge on any atom is -0.354 e. The van der Waals surface area contributed by atoms with Crippen molar-refractivity contribution in [3.8, 4) is 0 Å². The molecule has 92 valence electrons. The number of nitrogens with one attached hydrogen (secondary N) is 1. The first-order valence-electron chi connectivity index (χ1n) is 5.48. The molecule has 0 aromatic carbocycles. The van der Waals surface area contributed by atoms with Gasteiger partial charge in [0.05, 0.1) is 6.54 Å². The van der Waals surface area contributed by atoms with Gasteiger partial charge in [-0.05, 0) is 18.8 Å². The summed E-state index contributed by atoms with van der Waals surface area (Å²) in [5.41, 5.74) is 0. The molecule has 2 aliphatic rings. The van der Waals surface area contributed by atoms with Crippen molar-refractivity contribution >= 4 is 5.91 Å². The highest BCUT2D eigenvalue weighted by atomic mass is 19.4. The third kappa shape index (κ3) is 2.31. The minimum absolute atomic E-state index is 0.0508.